The van der Waals surface area contributed by atoms with Gasteiger partial charge in [0.15, 0.2) is 0 Å². The molecule has 1 aliphatic rings. The Bertz CT molecular complexity index is 948. The second-order valence-corrected chi connectivity index (χ2v) is 7.63. The Kier molecular flexibility index (Phi) is 6.06. The zero-order valence-corrected chi connectivity index (χ0v) is 16.2. The van der Waals surface area contributed by atoms with Crippen LogP contribution < -0.4 is 10.1 Å². The van der Waals surface area contributed by atoms with Gasteiger partial charge in [-0.05, 0) is 12.1 Å². The van der Waals surface area contributed by atoms with Crippen LogP contribution in [0.1, 0.15) is 34.2 Å². The lowest BCUT2D eigenvalue weighted by molar-refractivity contribution is -0.145. The molecule has 2 aromatic rings. The van der Waals surface area contributed by atoms with E-state index in [2.05, 4.69) is 20.3 Å². The smallest absolute Gasteiger partial charge is 0.451 e. The number of carbonyl (C=O) groups is 1. The van der Waals surface area contributed by atoms with E-state index in [1.807, 2.05) is 6.92 Å². The quantitative estimate of drug-likeness (QED) is 0.739. The average molecular weight is 428 g/mol. The van der Waals surface area contributed by atoms with Crippen molar-refractivity contribution in [1.82, 2.24) is 15.3 Å². The summed E-state index contributed by atoms with van der Waals surface area (Å²) in [5, 5.41) is 3.14. The van der Waals surface area contributed by atoms with Gasteiger partial charge in [0, 0.05) is 35.3 Å². The molecular formula is C18H16F4N4O2S. The minimum absolute atomic E-state index is 0.168. The van der Waals surface area contributed by atoms with Crippen LogP contribution in [0.3, 0.4) is 0 Å². The Morgan fingerprint density at radius 3 is 2.55 bits per heavy atom. The predicted octanol–water partition coefficient (Wildman–Crippen LogP) is 3.46. The van der Waals surface area contributed by atoms with Crippen LogP contribution in [0.2, 0.25) is 0 Å². The molecular weight excluding hydrogens is 412 g/mol. The van der Waals surface area contributed by atoms with E-state index in [1.165, 1.54) is 31.0 Å². The summed E-state index contributed by atoms with van der Waals surface area (Å²) in [5.74, 6) is -2.49. The summed E-state index contributed by atoms with van der Waals surface area (Å²) in [6.45, 7) is 2.33. The molecule has 1 amide bonds. The summed E-state index contributed by atoms with van der Waals surface area (Å²) in [6.07, 6.45) is -2.75. The van der Waals surface area contributed by atoms with Crippen LogP contribution in [0.5, 0.6) is 5.75 Å². The minimum Gasteiger partial charge on any atom is -0.497 e. The van der Waals surface area contributed by atoms with Crippen LogP contribution in [0, 0.1) is 5.82 Å². The molecule has 1 N–H and O–H groups in total. The van der Waals surface area contributed by atoms with Crippen molar-refractivity contribution in [2.24, 2.45) is 4.99 Å². The Hall–Kier alpha value is -2.69. The first-order valence-corrected chi connectivity index (χ1v) is 9.32. The molecule has 0 aliphatic carbocycles. The number of alkyl halides is 3. The number of halogens is 4. The van der Waals surface area contributed by atoms with Gasteiger partial charge in [-0.1, -0.05) is 6.92 Å². The van der Waals surface area contributed by atoms with E-state index in [0.29, 0.717) is 11.6 Å². The zero-order chi connectivity index (χ0) is 21.2. The number of methoxy groups -OCH3 is 1. The van der Waals surface area contributed by atoms with E-state index < -0.39 is 23.7 Å². The number of rotatable bonds is 5. The molecule has 1 aromatic heterocycles. The van der Waals surface area contributed by atoms with Crippen LogP contribution in [-0.4, -0.2) is 39.8 Å². The van der Waals surface area contributed by atoms with Gasteiger partial charge in [-0.2, -0.15) is 13.2 Å². The summed E-state index contributed by atoms with van der Waals surface area (Å²) in [6, 6.07) is 2.72. The highest BCUT2D eigenvalue weighted by Crippen LogP contribution is 2.31. The third-order valence-corrected chi connectivity index (χ3v) is 5.10. The van der Waals surface area contributed by atoms with Gasteiger partial charge in [0.2, 0.25) is 5.82 Å². The number of hydrogen-bond acceptors (Lipinski definition) is 6. The number of hydrogen-bond donors (Lipinski definition) is 1. The average Bonchev–Trinajstić information content (AvgIpc) is 3.12. The molecule has 0 fully saturated rings. The van der Waals surface area contributed by atoms with Gasteiger partial charge in [0.1, 0.15) is 16.6 Å². The van der Waals surface area contributed by atoms with Gasteiger partial charge in [-0.25, -0.2) is 14.4 Å². The fourth-order valence-corrected chi connectivity index (χ4v) is 3.49. The van der Waals surface area contributed by atoms with Gasteiger partial charge in [-0.3, -0.25) is 9.79 Å². The van der Waals surface area contributed by atoms with Crippen molar-refractivity contribution in [3.8, 4) is 5.75 Å². The summed E-state index contributed by atoms with van der Waals surface area (Å²) < 4.78 is 57.6. The number of thioether (sulfide) groups is 1. The molecule has 6 nitrogen and oxygen atoms in total. The third kappa shape index (κ3) is 4.84. The molecule has 3 rings (SSSR count). The Morgan fingerprint density at radius 1 is 1.31 bits per heavy atom. The van der Waals surface area contributed by atoms with Crippen LogP contribution in [0.4, 0.5) is 17.6 Å². The molecule has 1 unspecified atom stereocenters. The van der Waals surface area contributed by atoms with Crippen LogP contribution >= 0.6 is 11.8 Å². The maximum atomic E-state index is 15.0. The van der Waals surface area contributed by atoms with E-state index in [0.717, 1.165) is 12.4 Å². The van der Waals surface area contributed by atoms with E-state index in [-0.39, 0.29) is 34.2 Å². The van der Waals surface area contributed by atoms with Crippen LogP contribution in [0.15, 0.2) is 29.5 Å². The number of amides is 1. The highest BCUT2D eigenvalue weighted by molar-refractivity contribution is 8.15. The van der Waals surface area contributed by atoms with Gasteiger partial charge < -0.3 is 10.1 Å². The molecule has 0 bridgehead atoms. The molecule has 1 aliphatic heterocycles. The van der Waals surface area contributed by atoms with Crippen molar-refractivity contribution in [3.05, 3.63) is 52.9 Å². The fraction of sp³-hybridized carbons (Fsp3) is 0.333. The topological polar surface area (TPSA) is 76.5 Å². The Balaban J connectivity index is 1.78. The first kappa shape index (κ1) is 21.0. The molecule has 154 valence electrons. The number of benzene rings is 1. The number of nitrogens with zero attached hydrogens (tertiary/aromatic N) is 3. The lowest BCUT2D eigenvalue weighted by atomic mass is 10.1. The van der Waals surface area contributed by atoms with E-state index in [4.69, 9.17) is 4.74 Å². The highest BCUT2D eigenvalue weighted by Gasteiger charge is 2.34. The predicted molar refractivity (Wildman–Crippen MR) is 99.6 cm³/mol. The SMILES string of the molecule is COc1cc(C(=O)NCc2cnc(C(F)(F)F)nc2)c(F)c(C2=NCC(C)S2)c1. The highest BCUT2D eigenvalue weighted by atomic mass is 32.2. The van der Waals surface area contributed by atoms with Gasteiger partial charge in [0.25, 0.3) is 5.91 Å². The van der Waals surface area contributed by atoms with E-state index >= 15 is 0 Å². The van der Waals surface area contributed by atoms with Gasteiger partial charge in [0.05, 0.1) is 19.2 Å². The molecule has 0 spiro atoms. The Labute approximate surface area is 167 Å². The summed E-state index contributed by atoms with van der Waals surface area (Å²) in [7, 11) is 1.39. The summed E-state index contributed by atoms with van der Waals surface area (Å²) in [4.78, 5) is 23.2. The van der Waals surface area contributed by atoms with Crippen molar-refractivity contribution < 1.29 is 27.1 Å². The third-order valence-electron chi connectivity index (χ3n) is 3.97. The lowest BCUT2D eigenvalue weighted by Crippen LogP contribution is -2.25. The number of ether oxygens (including phenoxy) is 1. The van der Waals surface area contributed by atoms with Crippen LogP contribution in [-0.2, 0) is 12.7 Å². The summed E-state index contributed by atoms with van der Waals surface area (Å²) >= 11 is 1.40. The standard InChI is InChI=1S/C18H16F4N4O2S/c1-9-5-24-16(29-9)13-4-11(28-2)3-12(14(13)19)15(27)23-6-10-7-25-17(26-8-10)18(20,21)22/h3-4,7-9H,5-6H2,1-2H3,(H,23,27). The van der Waals surface area contributed by atoms with Crippen molar-refractivity contribution in [3.63, 3.8) is 0 Å². The fourth-order valence-electron chi connectivity index (χ4n) is 2.53. The Morgan fingerprint density at radius 2 is 2.00 bits per heavy atom. The molecule has 2 heterocycles. The monoisotopic (exact) mass is 428 g/mol. The summed E-state index contributed by atoms with van der Waals surface area (Å²) in [5.41, 5.74) is 0.149. The van der Waals surface area contributed by atoms with E-state index in [1.54, 1.807) is 0 Å². The largest absolute Gasteiger partial charge is 0.497 e. The second kappa shape index (κ2) is 8.36. The van der Waals surface area contributed by atoms with Crippen molar-refractivity contribution in [2.45, 2.75) is 24.9 Å². The molecule has 0 radical (unpaired) electrons. The van der Waals surface area contributed by atoms with Crippen molar-refractivity contribution >= 4 is 22.7 Å². The first-order chi connectivity index (χ1) is 13.7. The van der Waals surface area contributed by atoms with Gasteiger partial charge >= 0.3 is 6.18 Å². The lowest BCUT2D eigenvalue weighted by Gasteiger charge is -2.12. The number of aromatic nitrogens is 2. The van der Waals surface area contributed by atoms with Crippen molar-refractivity contribution in [1.29, 1.82) is 0 Å². The molecule has 11 heteroatoms. The molecule has 0 saturated carbocycles. The van der Waals surface area contributed by atoms with Crippen LogP contribution in [0.25, 0.3) is 0 Å². The molecule has 29 heavy (non-hydrogen) atoms. The maximum absolute atomic E-state index is 15.0. The number of carbonyl (C=O) groups excluding carboxylic acids is 1. The maximum Gasteiger partial charge on any atom is 0.451 e. The first-order valence-electron chi connectivity index (χ1n) is 8.44. The van der Waals surface area contributed by atoms with Gasteiger partial charge in [-0.15, -0.1) is 11.8 Å². The zero-order valence-electron chi connectivity index (χ0n) is 15.4. The normalized spacial score (nSPS) is 16.5. The second-order valence-electron chi connectivity index (χ2n) is 6.21. The van der Waals surface area contributed by atoms with E-state index in [9.17, 15) is 22.4 Å². The minimum atomic E-state index is -4.65. The molecule has 0 saturated heterocycles. The molecule has 1 atom stereocenters. The number of nitrogens with one attached hydrogen (secondary N) is 1. The molecule has 1 aromatic carbocycles. The van der Waals surface area contributed by atoms with Crippen molar-refractivity contribution in [2.75, 3.05) is 13.7 Å². The number of aliphatic imine (C=N–C) groups is 1.